The zero-order chi connectivity index (χ0) is 21.2. The van der Waals surface area contributed by atoms with Crippen LogP contribution in [0.25, 0.3) is 0 Å². The first-order valence-electron chi connectivity index (χ1n) is 10.2. The predicted molar refractivity (Wildman–Crippen MR) is 118 cm³/mol. The fourth-order valence-electron chi connectivity index (χ4n) is 3.98. The van der Waals surface area contributed by atoms with E-state index >= 15 is 0 Å². The Hall–Kier alpha value is -3.34. The van der Waals surface area contributed by atoms with Gasteiger partial charge in [0.05, 0.1) is 5.56 Å². The molecular weight excluding hydrogens is 410 g/mol. The maximum absolute atomic E-state index is 12.8. The fraction of sp³-hybridized carbons (Fsp3) is 0.250. The lowest BCUT2D eigenvalue weighted by Gasteiger charge is -2.26. The summed E-state index contributed by atoms with van der Waals surface area (Å²) < 4.78 is 11.5. The van der Waals surface area contributed by atoms with Crippen LogP contribution in [-0.4, -0.2) is 30.1 Å². The molecule has 2 aromatic carbocycles. The Bertz CT molecular complexity index is 1150. The monoisotopic (exact) mass is 431 g/mol. The van der Waals surface area contributed by atoms with Crippen LogP contribution < -0.4 is 14.8 Å². The second-order valence-electron chi connectivity index (χ2n) is 7.62. The molecule has 31 heavy (non-hydrogen) atoms. The number of benzene rings is 2. The van der Waals surface area contributed by atoms with Crippen molar-refractivity contribution in [2.75, 3.05) is 18.5 Å². The molecule has 3 aromatic rings. The van der Waals surface area contributed by atoms with Gasteiger partial charge < -0.3 is 14.8 Å². The Kier molecular flexibility index (Phi) is 5.33. The number of hydrogen-bond donors (Lipinski definition) is 1. The number of amides is 1. The summed E-state index contributed by atoms with van der Waals surface area (Å²) in [7, 11) is 0. The van der Waals surface area contributed by atoms with Gasteiger partial charge in [0.1, 0.15) is 17.7 Å². The summed E-state index contributed by atoms with van der Waals surface area (Å²) in [5.41, 5.74) is 2.90. The lowest BCUT2D eigenvalue weighted by Crippen LogP contribution is -2.40. The van der Waals surface area contributed by atoms with Crippen molar-refractivity contribution in [3.63, 3.8) is 0 Å². The highest BCUT2D eigenvalue weighted by molar-refractivity contribution is 7.16. The Balaban J connectivity index is 1.30. The number of ether oxygens (including phenoxy) is 2. The molecule has 1 amide bonds. The van der Waals surface area contributed by atoms with Gasteiger partial charge in [0.25, 0.3) is 5.91 Å². The highest BCUT2D eigenvalue weighted by atomic mass is 32.1. The van der Waals surface area contributed by atoms with Crippen LogP contribution in [0.2, 0.25) is 0 Å². The average Bonchev–Trinajstić information content (AvgIpc) is 3.15. The van der Waals surface area contributed by atoms with E-state index in [9.17, 15) is 10.1 Å². The average molecular weight is 432 g/mol. The van der Waals surface area contributed by atoms with Gasteiger partial charge in [-0.1, -0.05) is 42.5 Å². The number of nitrogens with zero attached hydrogens (tertiary/aromatic N) is 2. The van der Waals surface area contributed by atoms with Crippen LogP contribution in [0.15, 0.2) is 54.6 Å². The third-order valence-corrected chi connectivity index (χ3v) is 6.67. The molecule has 1 unspecified atom stereocenters. The Labute approximate surface area is 184 Å². The highest BCUT2D eigenvalue weighted by Crippen LogP contribution is 2.37. The number of fused-ring (bicyclic) bond motifs is 2. The molecule has 0 spiro atoms. The minimum absolute atomic E-state index is 0.140. The molecule has 0 fully saturated rings. The van der Waals surface area contributed by atoms with E-state index in [1.807, 2.05) is 36.4 Å². The number of rotatable bonds is 4. The Morgan fingerprint density at radius 3 is 2.74 bits per heavy atom. The van der Waals surface area contributed by atoms with E-state index in [1.165, 1.54) is 16.9 Å². The van der Waals surface area contributed by atoms with Gasteiger partial charge in [-0.3, -0.25) is 9.69 Å². The van der Waals surface area contributed by atoms with E-state index < -0.39 is 6.10 Å². The van der Waals surface area contributed by atoms with E-state index in [-0.39, 0.29) is 12.5 Å². The highest BCUT2D eigenvalue weighted by Gasteiger charge is 2.30. The normalized spacial score (nSPS) is 17.5. The quantitative estimate of drug-likeness (QED) is 0.677. The van der Waals surface area contributed by atoms with Crippen molar-refractivity contribution in [3.8, 4) is 17.6 Å². The molecule has 1 atom stereocenters. The molecule has 0 aliphatic carbocycles. The summed E-state index contributed by atoms with van der Waals surface area (Å²) in [5.74, 6) is 0.886. The zero-order valence-corrected chi connectivity index (χ0v) is 17.7. The summed E-state index contributed by atoms with van der Waals surface area (Å²) in [5, 5.41) is 13.3. The first-order chi connectivity index (χ1) is 15.2. The molecule has 6 nitrogen and oxygen atoms in total. The first-order valence-corrected chi connectivity index (χ1v) is 11.0. The van der Waals surface area contributed by atoms with E-state index in [0.29, 0.717) is 22.1 Å². The standard InChI is InChI=1S/C24H21N3O3S/c25-12-18-17-10-11-27(13-16-6-2-1-3-7-16)14-22(17)31-24(18)26-23(28)21-15-29-19-8-4-5-9-20(19)30-21/h1-9,21H,10-11,13-15H2,(H,26,28). The number of anilines is 1. The lowest BCUT2D eigenvalue weighted by molar-refractivity contribution is -0.125. The molecule has 5 rings (SSSR count). The van der Waals surface area contributed by atoms with Crippen LogP contribution in [0.5, 0.6) is 11.5 Å². The molecular formula is C24H21N3O3S. The van der Waals surface area contributed by atoms with Crippen LogP contribution in [0, 0.1) is 11.3 Å². The predicted octanol–water partition coefficient (Wildman–Crippen LogP) is 3.96. The fourth-order valence-corrected chi connectivity index (χ4v) is 5.22. The molecule has 2 aliphatic rings. The molecule has 156 valence electrons. The molecule has 0 bridgehead atoms. The van der Waals surface area contributed by atoms with Gasteiger partial charge in [-0.2, -0.15) is 5.26 Å². The summed E-state index contributed by atoms with van der Waals surface area (Å²) >= 11 is 1.49. The molecule has 1 aromatic heterocycles. The van der Waals surface area contributed by atoms with Gasteiger partial charge >= 0.3 is 0 Å². The van der Waals surface area contributed by atoms with Gasteiger partial charge in [0.15, 0.2) is 11.5 Å². The number of nitrogens with one attached hydrogen (secondary N) is 1. The number of nitriles is 1. The van der Waals surface area contributed by atoms with Crippen molar-refractivity contribution in [2.45, 2.75) is 25.6 Å². The number of thiophene rings is 1. The third kappa shape index (κ3) is 4.00. The largest absolute Gasteiger partial charge is 0.485 e. The number of carbonyl (C=O) groups excluding carboxylic acids is 1. The second kappa shape index (κ2) is 8.42. The zero-order valence-electron chi connectivity index (χ0n) is 16.8. The number of hydrogen-bond acceptors (Lipinski definition) is 6. The molecule has 0 radical (unpaired) electrons. The first kappa shape index (κ1) is 19.6. The van der Waals surface area contributed by atoms with Gasteiger partial charge in [-0.15, -0.1) is 11.3 Å². The molecule has 2 aliphatic heterocycles. The summed E-state index contributed by atoms with van der Waals surface area (Å²) in [6.07, 6.45) is 0.0450. The maximum atomic E-state index is 12.8. The minimum atomic E-state index is -0.754. The smallest absolute Gasteiger partial charge is 0.269 e. The molecule has 0 saturated heterocycles. The Morgan fingerprint density at radius 2 is 1.94 bits per heavy atom. The van der Waals surface area contributed by atoms with E-state index in [0.717, 1.165) is 36.5 Å². The van der Waals surface area contributed by atoms with E-state index in [4.69, 9.17) is 9.47 Å². The van der Waals surface area contributed by atoms with Crippen LogP contribution in [-0.2, 0) is 24.3 Å². The van der Waals surface area contributed by atoms with Gasteiger partial charge in [0.2, 0.25) is 6.10 Å². The topological polar surface area (TPSA) is 74.6 Å². The maximum Gasteiger partial charge on any atom is 0.269 e. The summed E-state index contributed by atoms with van der Waals surface area (Å²) in [4.78, 5) is 16.3. The molecule has 3 heterocycles. The molecule has 7 heteroatoms. The molecule has 1 N–H and O–H groups in total. The van der Waals surface area contributed by atoms with Crippen molar-refractivity contribution >= 4 is 22.2 Å². The van der Waals surface area contributed by atoms with Crippen LogP contribution >= 0.6 is 11.3 Å². The lowest BCUT2D eigenvalue weighted by atomic mass is 10.0. The van der Waals surface area contributed by atoms with Gasteiger partial charge in [0, 0.05) is 24.5 Å². The number of para-hydroxylation sites is 2. The van der Waals surface area contributed by atoms with Crippen LogP contribution in [0.1, 0.15) is 21.6 Å². The van der Waals surface area contributed by atoms with Crippen molar-refractivity contribution in [1.82, 2.24) is 4.90 Å². The van der Waals surface area contributed by atoms with Crippen molar-refractivity contribution < 1.29 is 14.3 Å². The third-order valence-electron chi connectivity index (χ3n) is 5.53. The van der Waals surface area contributed by atoms with Crippen LogP contribution in [0.3, 0.4) is 0 Å². The number of carbonyl (C=O) groups is 1. The Morgan fingerprint density at radius 1 is 1.16 bits per heavy atom. The van der Waals surface area contributed by atoms with Crippen molar-refractivity contribution in [2.24, 2.45) is 0 Å². The van der Waals surface area contributed by atoms with Gasteiger partial charge in [-0.25, -0.2) is 0 Å². The SMILES string of the molecule is N#Cc1c(NC(=O)C2COc3ccccc3O2)sc2c1CCN(Cc1ccccc1)C2. The van der Waals surface area contributed by atoms with Crippen molar-refractivity contribution in [1.29, 1.82) is 5.26 Å². The van der Waals surface area contributed by atoms with E-state index in [1.54, 1.807) is 6.07 Å². The minimum Gasteiger partial charge on any atom is -0.485 e. The van der Waals surface area contributed by atoms with Crippen molar-refractivity contribution in [3.05, 3.63) is 76.2 Å². The summed E-state index contributed by atoms with van der Waals surface area (Å²) in [6, 6.07) is 20.0. The molecule has 0 saturated carbocycles. The second-order valence-corrected chi connectivity index (χ2v) is 8.72. The van der Waals surface area contributed by atoms with E-state index in [2.05, 4.69) is 28.4 Å². The van der Waals surface area contributed by atoms with Crippen LogP contribution in [0.4, 0.5) is 5.00 Å². The van der Waals surface area contributed by atoms with Gasteiger partial charge in [-0.05, 0) is 29.7 Å². The summed E-state index contributed by atoms with van der Waals surface area (Å²) in [6.45, 7) is 2.67.